The molecule has 3 aromatic rings. The van der Waals surface area contributed by atoms with Crippen LogP contribution in [0, 0.1) is 5.92 Å². The van der Waals surface area contributed by atoms with Crippen molar-refractivity contribution in [3.05, 3.63) is 90.0 Å². The number of amides is 2. The van der Waals surface area contributed by atoms with E-state index in [-0.39, 0.29) is 48.1 Å². The number of aliphatic hydroxyl groups is 1. The molecule has 5 atom stereocenters. The lowest BCUT2D eigenvalue weighted by Gasteiger charge is -2.36. The smallest absolute Gasteiger partial charge is 0.247 e. The molecule has 0 saturated carbocycles. The number of hydrogen-bond donors (Lipinski definition) is 1. The molecule has 6 rings (SSSR count). The molecular weight excluding hydrogens is 619 g/mol. The Labute approximate surface area is 285 Å². The number of benzene rings is 3. The van der Waals surface area contributed by atoms with Crippen LogP contribution in [-0.2, 0) is 20.7 Å². The van der Waals surface area contributed by atoms with Gasteiger partial charge in [0, 0.05) is 19.4 Å². The van der Waals surface area contributed by atoms with E-state index in [0.29, 0.717) is 25.8 Å². The first-order valence-corrected chi connectivity index (χ1v) is 20.5. The SMILES string of the molecule is COc1ccc([Si](C)(C)[C@H]2[C@H](C)[C@H](CCc3ccc(N4N=C(c5ccccc5)CCC4=O)cc3)O[C@@H]2CC(=O)N2CCC[C@H]2CO)cc1. The van der Waals surface area contributed by atoms with Gasteiger partial charge in [-0.15, -0.1) is 0 Å². The van der Waals surface area contributed by atoms with Gasteiger partial charge in [0.15, 0.2) is 0 Å². The van der Waals surface area contributed by atoms with E-state index in [4.69, 9.17) is 14.6 Å². The number of carbonyl (C=O) groups is 2. The quantitative estimate of drug-likeness (QED) is 0.257. The number of nitrogens with zero attached hydrogens (tertiary/aromatic N) is 3. The highest BCUT2D eigenvalue weighted by Gasteiger charge is 2.51. The maximum absolute atomic E-state index is 13.6. The molecule has 48 heavy (non-hydrogen) atoms. The van der Waals surface area contributed by atoms with Gasteiger partial charge in [-0.05, 0) is 72.5 Å². The fraction of sp³-hybridized carbons (Fsp3) is 0.462. The molecule has 3 aliphatic rings. The van der Waals surface area contributed by atoms with Crippen molar-refractivity contribution in [2.24, 2.45) is 11.0 Å². The van der Waals surface area contributed by atoms with E-state index < -0.39 is 8.07 Å². The zero-order chi connectivity index (χ0) is 33.8. The Hall–Kier alpha value is -3.79. The average Bonchev–Trinajstić information content (AvgIpc) is 3.72. The molecule has 0 radical (unpaired) electrons. The summed E-state index contributed by atoms with van der Waals surface area (Å²) < 4.78 is 12.3. The molecule has 0 aromatic heterocycles. The maximum Gasteiger partial charge on any atom is 0.247 e. The second kappa shape index (κ2) is 14.8. The average molecular weight is 668 g/mol. The molecule has 0 bridgehead atoms. The normalized spacial score (nSPS) is 24.6. The summed E-state index contributed by atoms with van der Waals surface area (Å²) in [6.45, 7) is 7.82. The zero-order valence-corrected chi connectivity index (χ0v) is 29.7. The largest absolute Gasteiger partial charge is 0.497 e. The van der Waals surface area contributed by atoms with Crippen molar-refractivity contribution in [3.63, 3.8) is 0 Å². The van der Waals surface area contributed by atoms with E-state index >= 15 is 0 Å². The molecule has 0 unspecified atom stereocenters. The van der Waals surface area contributed by atoms with Crippen molar-refractivity contribution in [1.82, 2.24) is 4.90 Å². The molecule has 0 spiro atoms. The van der Waals surface area contributed by atoms with Gasteiger partial charge in [0.2, 0.25) is 11.8 Å². The first kappa shape index (κ1) is 34.1. The fourth-order valence-electron chi connectivity index (χ4n) is 8.19. The number of carbonyl (C=O) groups excluding carboxylic acids is 2. The number of hydrazone groups is 1. The fourth-order valence-corrected chi connectivity index (χ4v) is 12.3. The first-order valence-electron chi connectivity index (χ1n) is 17.4. The van der Waals surface area contributed by atoms with Gasteiger partial charge in [-0.2, -0.15) is 5.10 Å². The third-order valence-electron chi connectivity index (χ3n) is 10.9. The zero-order valence-electron chi connectivity index (χ0n) is 28.7. The van der Waals surface area contributed by atoms with E-state index in [1.807, 2.05) is 59.5 Å². The van der Waals surface area contributed by atoms with Gasteiger partial charge >= 0.3 is 0 Å². The van der Waals surface area contributed by atoms with Gasteiger partial charge in [0.1, 0.15) is 5.75 Å². The minimum Gasteiger partial charge on any atom is -0.497 e. The number of methoxy groups -OCH3 is 1. The molecule has 2 fully saturated rings. The van der Waals surface area contributed by atoms with Crippen LogP contribution < -0.4 is 14.9 Å². The molecule has 1 N–H and O–H groups in total. The van der Waals surface area contributed by atoms with Crippen LogP contribution in [0.15, 0.2) is 84.0 Å². The molecule has 8 nitrogen and oxygen atoms in total. The Morgan fingerprint density at radius 3 is 2.42 bits per heavy atom. The number of ether oxygens (including phenoxy) is 2. The lowest BCUT2D eigenvalue weighted by molar-refractivity contribution is -0.135. The minimum atomic E-state index is -2.10. The molecule has 2 saturated heterocycles. The van der Waals surface area contributed by atoms with E-state index in [1.165, 1.54) is 15.8 Å². The monoisotopic (exact) mass is 667 g/mol. The molecule has 3 heterocycles. The number of hydrogen-bond acceptors (Lipinski definition) is 6. The van der Waals surface area contributed by atoms with Crippen LogP contribution in [0.3, 0.4) is 0 Å². The highest BCUT2D eigenvalue weighted by atomic mass is 28.3. The maximum atomic E-state index is 13.6. The van der Waals surface area contributed by atoms with E-state index in [1.54, 1.807) is 7.11 Å². The predicted octanol–water partition coefficient (Wildman–Crippen LogP) is 5.92. The van der Waals surface area contributed by atoms with Crippen molar-refractivity contribution < 1.29 is 24.2 Å². The van der Waals surface area contributed by atoms with Crippen LogP contribution in [0.5, 0.6) is 5.75 Å². The molecule has 0 aliphatic carbocycles. The second-order valence-electron chi connectivity index (χ2n) is 14.1. The van der Waals surface area contributed by atoms with E-state index in [9.17, 15) is 14.7 Å². The van der Waals surface area contributed by atoms with Crippen molar-refractivity contribution in [2.45, 2.75) is 88.8 Å². The molecule has 3 aliphatic heterocycles. The van der Waals surface area contributed by atoms with Gasteiger partial charge in [0.25, 0.3) is 0 Å². The van der Waals surface area contributed by atoms with Crippen molar-refractivity contribution >= 4 is 36.5 Å². The second-order valence-corrected chi connectivity index (χ2v) is 18.8. The summed E-state index contributed by atoms with van der Waals surface area (Å²) in [5.41, 5.74) is 4.17. The van der Waals surface area contributed by atoms with Crippen molar-refractivity contribution in [2.75, 3.05) is 25.3 Å². The Kier molecular flexibility index (Phi) is 10.5. The van der Waals surface area contributed by atoms with Crippen LogP contribution in [0.1, 0.15) is 56.6 Å². The summed E-state index contributed by atoms with van der Waals surface area (Å²) in [6, 6.07) is 26.5. The lowest BCUT2D eigenvalue weighted by atomic mass is 9.95. The van der Waals surface area contributed by atoms with Gasteiger partial charge in [-0.3, -0.25) is 9.59 Å². The molecule has 3 aromatic carbocycles. The van der Waals surface area contributed by atoms with E-state index in [2.05, 4.69) is 44.3 Å². The van der Waals surface area contributed by atoms with Gasteiger partial charge in [-0.25, -0.2) is 5.01 Å². The lowest BCUT2D eigenvalue weighted by Crippen LogP contribution is -2.51. The summed E-state index contributed by atoms with van der Waals surface area (Å²) in [6.07, 6.45) is 4.73. The van der Waals surface area contributed by atoms with Crippen molar-refractivity contribution in [3.8, 4) is 5.75 Å². The number of aliphatic hydroxyl groups excluding tert-OH is 1. The Morgan fingerprint density at radius 1 is 1.00 bits per heavy atom. The number of likely N-dealkylation sites (tertiary alicyclic amines) is 1. The summed E-state index contributed by atoms with van der Waals surface area (Å²) in [5, 5.41) is 17.5. The van der Waals surface area contributed by atoms with Crippen LogP contribution in [0.25, 0.3) is 0 Å². The molecule has 9 heteroatoms. The molecule has 2 amide bonds. The highest BCUT2D eigenvalue weighted by molar-refractivity contribution is 6.91. The Balaban J connectivity index is 1.17. The molecular formula is C39H49N3O5Si. The van der Waals surface area contributed by atoms with Crippen molar-refractivity contribution in [1.29, 1.82) is 0 Å². The number of aryl methyl sites for hydroxylation is 1. The molecule has 254 valence electrons. The minimum absolute atomic E-state index is 0.00474. The highest BCUT2D eigenvalue weighted by Crippen LogP contribution is 2.47. The summed E-state index contributed by atoms with van der Waals surface area (Å²) >= 11 is 0. The predicted molar refractivity (Wildman–Crippen MR) is 193 cm³/mol. The van der Waals surface area contributed by atoms with Crippen LogP contribution in [-0.4, -0.2) is 74.1 Å². The number of rotatable bonds is 11. The third-order valence-corrected chi connectivity index (χ3v) is 15.3. The van der Waals surface area contributed by atoms with Crippen LogP contribution in [0.4, 0.5) is 5.69 Å². The number of anilines is 1. The Morgan fingerprint density at radius 2 is 1.73 bits per heavy atom. The summed E-state index contributed by atoms with van der Waals surface area (Å²) in [7, 11) is -0.418. The van der Waals surface area contributed by atoms with Crippen LogP contribution >= 0.6 is 0 Å². The standard InChI is InChI=1S/C39H49N3O5Si/c1-27-35(22-14-28-12-15-30(16-13-28)42-37(44)23-21-34(40-42)29-9-6-5-7-10-29)47-36(25-38(45)41-24-8-11-31(41)26-43)39(27)48(3,4)33-19-17-32(46-2)18-20-33/h5-7,9-10,12-13,15-20,27,31,35-36,39,43H,8,11,14,21-26H2,1-4H3/t27-,31+,35+,36-,39+/m1/s1. The van der Waals surface area contributed by atoms with Gasteiger partial charge in [0.05, 0.1) is 57.9 Å². The Bertz CT molecular complexity index is 1590. The topological polar surface area (TPSA) is 91.7 Å². The van der Waals surface area contributed by atoms with E-state index in [0.717, 1.165) is 48.4 Å². The third kappa shape index (κ3) is 7.14. The summed E-state index contributed by atoms with van der Waals surface area (Å²) in [5.74, 6) is 1.21. The summed E-state index contributed by atoms with van der Waals surface area (Å²) in [4.78, 5) is 28.3. The van der Waals surface area contributed by atoms with Crippen LogP contribution in [0.2, 0.25) is 18.6 Å². The van der Waals surface area contributed by atoms with Gasteiger partial charge in [-0.1, -0.05) is 79.8 Å². The van der Waals surface area contributed by atoms with Gasteiger partial charge < -0.3 is 19.5 Å². The first-order chi connectivity index (χ1) is 23.2.